The summed E-state index contributed by atoms with van der Waals surface area (Å²) >= 11 is 0. The van der Waals surface area contributed by atoms with Crippen molar-refractivity contribution in [3.63, 3.8) is 0 Å². The van der Waals surface area contributed by atoms with E-state index in [-0.39, 0.29) is 12.5 Å². The molecule has 0 aliphatic heterocycles. The van der Waals surface area contributed by atoms with Crippen LogP contribution >= 0.6 is 0 Å². The molecule has 1 unspecified atom stereocenters. The van der Waals surface area contributed by atoms with E-state index < -0.39 is 5.97 Å². The molecule has 0 fully saturated rings. The molecule has 0 aliphatic rings. The van der Waals surface area contributed by atoms with Gasteiger partial charge in [-0.05, 0) is 60.2 Å². The Bertz CT molecular complexity index is 849. The normalized spacial score (nSPS) is 11.9. The fraction of sp³-hybridized carbons (Fsp3) is 0.250. The maximum Gasteiger partial charge on any atom is 0.303 e. The molecule has 0 saturated carbocycles. The summed E-state index contributed by atoms with van der Waals surface area (Å²) in [6, 6.07) is 23.0. The summed E-state index contributed by atoms with van der Waals surface area (Å²) in [7, 11) is 0. The number of hydrogen-bond donors (Lipinski definition) is 2. The van der Waals surface area contributed by atoms with Crippen molar-refractivity contribution in [2.45, 2.75) is 31.7 Å². The van der Waals surface area contributed by atoms with Crippen LogP contribution in [0.1, 0.15) is 24.0 Å². The van der Waals surface area contributed by atoms with E-state index >= 15 is 0 Å². The van der Waals surface area contributed by atoms with Crippen LogP contribution in [0.3, 0.4) is 0 Å². The number of carboxylic acids is 1. The molecule has 0 saturated heterocycles. The molecule has 0 spiro atoms. The zero-order chi connectivity index (χ0) is 19.6. The standard InChI is InChI=1S/C24H26N2O2/c27-24(28)11-10-23(26-17-14-19-12-15-25-16-13-19)18-20-6-8-22(9-7-20)21-4-2-1-3-5-21/h1-9,12-13,15-16,23,26H,10-11,14,17-18H2,(H,27,28). The third-order valence-electron chi connectivity index (χ3n) is 4.85. The van der Waals surface area contributed by atoms with Crippen LogP contribution in [0, 0.1) is 0 Å². The van der Waals surface area contributed by atoms with E-state index in [1.54, 1.807) is 12.4 Å². The molecule has 28 heavy (non-hydrogen) atoms. The SMILES string of the molecule is O=C(O)CCC(Cc1ccc(-c2ccccc2)cc1)NCCc1ccncc1. The van der Waals surface area contributed by atoms with E-state index in [2.05, 4.69) is 46.7 Å². The first-order valence-electron chi connectivity index (χ1n) is 9.69. The van der Waals surface area contributed by atoms with Crippen molar-refractivity contribution < 1.29 is 9.90 Å². The number of aliphatic carboxylic acids is 1. The molecule has 3 rings (SSSR count). The Morgan fingerprint density at radius 3 is 2.25 bits per heavy atom. The van der Waals surface area contributed by atoms with Crippen LogP contribution in [-0.4, -0.2) is 28.6 Å². The number of benzene rings is 2. The van der Waals surface area contributed by atoms with Gasteiger partial charge in [0.05, 0.1) is 0 Å². The average Bonchev–Trinajstić information content (AvgIpc) is 2.74. The first-order valence-corrected chi connectivity index (χ1v) is 9.69. The molecule has 3 aromatic rings. The third-order valence-corrected chi connectivity index (χ3v) is 4.85. The predicted molar refractivity (Wildman–Crippen MR) is 112 cm³/mol. The smallest absolute Gasteiger partial charge is 0.303 e. The van der Waals surface area contributed by atoms with Gasteiger partial charge in [-0.3, -0.25) is 9.78 Å². The van der Waals surface area contributed by atoms with E-state index in [4.69, 9.17) is 5.11 Å². The summed E-state index contributed by atoms with van der Waals surface area (Å²) in [4.78, 5) is 15.1. The Kier molecular flexibility index (Phi) is 7.33. The van der Waals surface area contributed by atoms with Gasteiger partial charge in [-0.2, -0.15) is 0 Å². The second-order valence-corrected chi connectivity index (χ2v) is 6.96. The van der Waals surface area contributed by atoms with Crippen molar-refractivity contribution in [3.05, 3.63) is 90.3 Å². The topological polar surface area (TPSA) is 62.2 Å². The van der Waals surface area contributed by atoms with Gasteiger partial charge in [-0.25, -0.2) is 0 Å². The zero-order valence-corrected chi connectivity index (χ0v) is 15.9. The summed E-state index contributed by atoms with van der Waals surface area (Å²) in [5.74, 6) is -0.750. The maximum atomic E-state index is 11.0. The number of hydrogen-bond acceptors (Lipinski definition) is 3. The minimum absolute atomic E-state index is 0.139. The number of nitrogens with one attached hydrogen (secondary N) is 1. The summed E-state index contributed by atoms with van der Waals surface area (Å²) in [5, 5.41) is 12.6. The lowest BCUT2D eigenvalue weighted by atomic mass is 9.98. The quantitative estimate of drug-likeness (QED) is 0.554. The first kappa shape index (κ1) is 19.8. The molecule has 4 heteroatoms. The minimum Gasteiger partial charge on any atom is -0.481 e. The molecule has 1 heterocycles. The molecule has 1 aromatic heterocycles. The third kappa shape index (κ3) is 6.32. The highest BCUT2D eigenvalue weighted by Gasteiger charge is 2.12. The molecule has 1 atom stereocenters. The van der Waals surface area contributed by atoms with E-state index in [1.807, 2.05) is 30.3 Å². The van der Waals surface area contributed by atoms with Crippen LogP contribution in [-0.2, 0) is 17.6 Å². The molecule has 0 aliphatic carbocycles. The van der Waals surface area contributed by atoms with E-state index in [1.165, 1.54) is 22.3 Å². The predicted octanol–water partition coefficient (Wildman–Crippen LogP) is 4.36. The number of carboxylic acid groups (broad SMARTS) is 1. The van der Waals surface area contributed by atoms with Crippen LogP contribution in [0.25, 0.3) is 11.1 Å². The van der Waals surface area contributed by atoms with Crippen molar-refractivity contribution in [1.82, 2.24) is 10.3 Å². The number of nitrogens with zero attached hydrogens (tertiary/aromatic N) is 1. The van der Waals surface area contributed by atoms with Crippen molar-refractivity contribution in [2.24, 2.45) is 0 Å². The van der Waals surface area contributed by atoms with Gasteiger partial charge in [0.1, 0.15) is 0 Å². The van der Waals surface area contributed by atoms with Crippen LogP contribution in [0.4, 0.5) is 0 Å². The largest absolute Gasteiger partial charge is 0.481 e. The van der Waals surface area contributed by atoms with E-state index in [0.717, 1.165) is 19.4 Å². The monoisotopic (exact) mass is 374 g/mol. The lowest BCUT2D eigenvalue weighted by Gasteiger charge is -2.18. The Hall–Kier alpha value is -2.98. The molecular weight excluding hydrogens is 348 g/mol. The van der Waals surface area contributed by atoms with Crippen molar-refractivity contribution in [1.29, 1.82) is 0 Å². The van der Waals surface area contributed by atoms with Crippen LogP contribution in [0.2, 0.25) is 0 Å². The highest BCUT2D eigenvalue weighted by molar-refractivity contribution is 5.66. The number of pyridine rings is 1. The van der Waals surface area contributed by atoms with Crippen LogP contribution in [0.15, 0.2) is 79.1 Å². The molecule has 0 radical (unpaired) electrons. The summed E-state index contributed by atoms with van der Waals surface area (Å²) in [5.41, 5.74) is 4.84. The Balaban J connectivity index is 1.59. The van der Waals surface area contributed by atoms with Gasteiger partial charge < -0.3 is 10.4 Å². The van der Waals surface area contributed by atoms with Crippen LogP contribution < -0.4 is 5.32 Å². The summed E-state index contributed by atoms with van der Waals surface area (Å²) in [6.07, 6.45) is 6.11. The molecule has 2 N–H and O–H groups in total. The van der Waals surface area contributed by atoms with Gasteiger partial charge in [0.25, 0.3) is 0 Å². The fourth-order valence-electron chi connectivity index (χ4n) is 3.29. The lowest BCUT2D eigenvalue weighted by Crippen LogP contribution is -2.33. The van der Waals surface area contributed by atoms with Crippen molar-refractivity contribution >= 4 is 5.97 Å². The van der Waals surface area contributed by atoms with Gasteiger partial charge in [0.15, 0.2) is 0 Å². The Morgan fingerprint density at radius 1 is 0.893 bits per heavy atom. The van der Waals surface area contributed by atoms with E-state index in [0.29, 0.717) is 6.42 Å². The molecule has 144 valence electrons. The molecule has 2 aromatic carbocycles. The van der Waals surface area contributed by atoms with Crippen LogP contribution in [0.5, 0.6) is 0 Å². The molecule has 4 nitrogen and oxygen atoms in total. The molecular formula is C24H26N2O2. The average molecular weight is 374 g/mol. The summed E-state index contributed by atoms with van der Waals surface area (Å²) < 4.78 is 0. The van der Waals surface area contributed by atoms with Crippen molar-refractivity contribution in [3.8, 4) is 11.1 Å². The van der Waals surface area contributed by atoms with Gasteiger partial charge >= 0.3 is 5.97 Å². The van der Waals surface area contributed by atoms with Gasteiger partial charge in [0.2, 0.25) is 0 Å². The van der Waals surface area contributed by atoms with Crippen molar-refractivity contribution in [2.75, 3.05) is 6.54 Å². The highest BCUT2D eigenvalue weighted by Crippen LogP contribution is 2.20. The second-order valence-electron chi connectivity index (χ2n) is 6.96. The van der Waals surface area contributed by atoms with Gasteiger partial charge in [-0.15, -0.1) is 0 Å². The Morgan fingerprint density at radius 2 is 1.57 bits per heavy atom. The minimum atomic E-state index is -0.750. The number of rotatable bonds is 10. The fourth-order valence-corrected chi connectivity index (χ4v) is 3.29. The van der Waals surface area contributed by atoms with Gasteiger partial charge in [0, 0.05) is 24.9 Å². The maximum absolute atomic E-state index is 11.0. The summed E-state index contributed by atoms with van der Waals surface area (Å²) in [6.45, 7) is 0.816. The number of aromatic nitrogens is 1. The highest BCUT2D eigenvalue weighted by atomic mass is 16.4. The molecule has 0 amide bonds. The second kappa shape index (κ2) is 10.4. The Labute approximate surface area is 166 Å². The first-order chi connectivity index (χ1) is 13.7. The van der Waals surface area contributed by atoms with E-state index in [9.17, 15) is 4.79 Å². The van der Waals surface area contributed by atoms with Gasteiger partial charge in [-0.1, -0.05) is 54.6 Å². The lowest BCUT2D eigenvalue weighted by molar-refractivity contribution is -0.137. The zero-order valence-electron chi connectivity index (χ0n) is 15.9. The molecule has 0 bridgehead atoms. The number of carbonyl (C=O) groups is 1.